The fraction of sp³-hybridized carbons (Fsp3) is 0.200. The number of isocyanates is 1. The molecule has 0 atom stereocenters. The lowest BCUT2D eigenvalue weighted by atomic mass is 10.1. The molecular weight excluding hydrogens is 230 g/mol. The standard InChI is InChI=1S/C10H9NO6/c1-15-6-3-7(16-2)9(10(13)14)8(4-6)17-11-5-12/h3-4H,1-2H3,(H,13,14). The third-order valence-corrected chi connectivity index (χ3v) is 1.89. The Hall–Kier alpha value is -2.53. The van der Waals surface area contributed by atoms with Gasteiger partial charge in [-0.05, 0) is 0 Å². The first-order chi connectivity index (χ1) is 8.13. The molecule has 1 aromatic rings. The lowest BCUT2D eigenvalue weighted by Crippen LogP contribution is -2.04. The second kappa shape index (κ2) is 5.53. The van der Waals surface area contributed by atoms with Crippen LogP contribution >= 0.6 is 0 Å². The molecule has 0 unspecified atom stereocenters. The zero-order valence-electron chi connectivity index (χ0n) is 9.09. The number of carbonyl (C=O) groups is 1. The largest absolute Gasteiger partial charge is 0.496 e. The molecule has 1 N–H and O–H groups in total. The summed E-state index contributed by atoms with van der Waals surface area (Å²) in [5.74, 6) is -1.10. The molecule has 0 saturated carbocycles. The van der Waals surface area contributed by atoms with Gasteiger partial charge in [-0.2, -0.15) is 0 Å². The molecule has 1 rings (SSSR count). The summed E-state index contributed by atoms with van der Waals surface area (Å²) in [5.41, 5.74) is -0.257. The first kappa shape index (κ1) is 12.5. The van der Waals surface area contributed by atoms with Gasteiger partial charge in [0.25, 0.3) is 6.08 Å². The van der Waals surface area contributed by atoms with E-state index >= 15 is 0 Å². The minimum atomic E-state index is -1.28. The first-order valence-corrected chi connectivity index (χ1v) is 4.37. The molecule has 0 spiro atoms. The van der Waals surface area contributed by atoms with Crippen LogP contribution in [0.1, 0.15) is 10.4 Å². The molecule has 17 heavy (non-hydrogen) atoms. The molecule has 0 aliphatic heterocycles. The number of nitrogens with zero attached hydrogens (tertiary/aromatic N) is 1. The molecule has 1 aromatic carbocycles. The molecule has 0 amide bonds. The van der Waals surface area contributed by atoms with Crippen molar-refractivity contribution in [3.05, 3.63) is 17.7 Å². The minimum absolute atomic E-state index is 0.0351. The lowest BCUT2D eigenvalue weighted by Gasteiger charge is -2.10. The summed E-state index contributed by atoms with van der Waals surface area (Å²) in [6.07, 6.45) is 1.14. The van der Waals surface area contributed by atoms with Gasteiger partial charge < -0.3 is 19.4 Å². The van der Waals surface area contributed by atoms with E-state index in [1.807, 2.05) is 0 Å². The van der Waals surface area contributed by atoms with Crippen LogP contribution in [-0.4, -0.2) is 31.4 Å². The van der Waals surface area contributed by atoms with Crippen molar-refractivity contribution in [2.75, 3.05) is 14.2 Å². The second-order valence-electron chi connectivity index (χ2n) is 2.78. The number of ether oxygens (including phenoxy) is 2. The fourth-order valence-electron chi connectivity index (χ4n) is 1.20. The molecule has 0 fully saturated rings. The van der Waals surface area contributed by atoms with E-state index in [0.717, 1.165) is 6.08 Å². The molecule has 90 valence electrons. The van der Waals surface area contributed by atoms with E-state index in [1.165, 1.54) is 26.4 Å². The third kappa shape index (κ3) is 2.73. The molecule has 0 heterocycles. The highest BCUT2D eigenvalue weighted by Crippen LogP contribution is 2.34. The van der Waals surface area contributed by atoms with Crippen molar-refractivity contribution in [3.8, 4) is 17.2 Å². The molecule has 0 bridgehead atoms. The van der Waals surface area contributed by atoms with Crippen LogP contribution < -0.4 is 14.3 Å². The van der Waals surface area contributed by atoms with Gasteiger partial charge in [-0.25, -0.2) is 9.59 Å². The van der Waals surface area contributed by atoms with Crippen molar-refractivity contribution in [2.24, 2.45) is 5.16 Å². The topological polar surface area (TPSA) is 94.4 Å². The number of methoxy groups -OCH3 is 2. The Morgan fingerprint density at radius 1 is 1.29 bits per heavy atom. The van der Waals surface area contributed by atoms with E-state index in [0.29, 0.717) is 5.75 Å². The summed E-state index contributed by atoms with van der Waals surface area (Å²) in [7, 11) is 2.69. The molecule has 0 aliphatic carbocycles. The lowest BCUT2D eigenvalue weighted by molar-refractivity contribution is 0.0688. The molecule has 0 radical (unpaired) electrons. The van der Waals surface area contributed by atoms with E-state index in [4.69, 9.17) is 14.6 Å². The Labute approximate surface area is 96.2 Å². The van der Waals surface area contributed by atoms with Crippen LogP contribution in [0.2, 0.25) is 0 Å². The second-order valence-corrected chi connectivity index (χ2v) is 2.78. The molecule has 7 nitrogen and oxygen atoms in total. The maximum atomic E-state index is 11.0. The maximum absolute atomic E-state index is 11.0. The van der Waals surface area contributed by atoms with Gasteiger partial charge in [0.15, 0.2) is 5.75 Å². The Morgan fingerprint density at radius 3 is 2.41 bits per heavy atom. The van der Waals surface area contributed by atoms with Gasteiger partial charge in [0.2, 0.25) is 0 Å². The van der Waals surface area contributed by atoms with Gasteiger partial charge in [-0.1, -0.05) is 0 Å². The van der Waals surface area contributed by atoms with Crippen molar-refractivity contribution < 1.29 is 29.0 Å². The Bertz CT molecular complexity index is 478. The highest BCUT2D eigenvalue weighted by Gasteiger charge is 2.20. The number of carbonyl (C=O) groups excluding carboxylic acids is 1. The Balaban J connectivity index is 3.39. The number of hydrogen-bond acceptors (Lipinski definition) is 6. The number of hydrogen-bond donors (Lipinski definition) is 1. The average molecular weight is 239 g/mol. The van der Waals surface area contributed by atoms with Crippen molar-refractivity contribution in [2.45, 2.75) is 0 Å². The van der Waals surface area contributed by atoms with Crippen molar-refractivity contribution >= 4 is 12.0 Å². The zero-order chi connectivity index (χ0) is 12.8. The number of aromatic carboxylic acids is 1. The molecular formula is C10H9NO6. The van der Waals surface area contributed by atoms with Crippen LogP contribution in [0.15, 0.2) is 17.3 Å². The van der Waals surface area contributed by atoms with Gasteiger partial charge in [-0.3, -0.25) is 0 Å². The van der Waals surface area contributed by atoms with Crippen LogP contribution in [0, 0.1) is 0 Å². The van der Waals surface area contributed by atoms with E-state index in [-0.39, 0.29) is 17.1 Å². The van der Waals surface area contributed by atoms with Gasteiger partial charge in [0.1, 0.15) is 17.1 Å². The van der Waals surface area contributed by atoms with Crippen molar-refractivity contribution in [3.63, 3.8) is 0 Å². The summed E-state index contributed by atoms with van der Waals surface area (Å²) in [4.78, 5) is 25.6. The van der Waals surface area contributed by atoms with E-state index < -0.39 is 5.97 Å². The number of benzene rings is 1. The van der Waals surface area contributed by atoms with Crippen molar-refractivity contribution in [1.82, 2.24) is 0 Å². The van der Waals surface area contributed by atoms with E-state index in [2.05, 4.69) is 9.99 Å². The highest BCUT2D eigenvalue weighted by molar-refractivity contribution is 5.94. The van der Waals surface area contributed by atoms with Crippen LogP contribution in [0.3, 0.4) is 0 Å². The summed E-state index contributed by atoms with van der Waals surface area (Å²) >= 11 is 0. The summed E-state index contributed by atoms with van der Waals surface area (Å²) < 4.78 is 9.81. The molecule has 7 heteroatoms. The van der Waals surface area contributed by atoms with Crippen molar-refractivity contribution in [1.29, 1.82) is 0 Å². The van der Waals surface area contributed by atoms with E-state index in [9.17, 15) is 9.59 Å². The zero-order valence-corrected chi connectivity index (χ0v) is 9.09. The normalized spacial score (nSPS) is 9.06. The van der Waals surface area contributed by atoms with Gasteiger partial charge in [-0.15, -0.1) is 0 Å². The number of rotatable bonds is 5. The third-order valence-electron chi connectivity index (χ3n) is 1.89. The maximum Gasteiger partial charge on any atom is 0.343 e. The number of carboxylic acids is 1. The van der Waals surface area contributed by atoms with Crippen LogP contribution in [0.5, 0.6) is 17.2 Å². The van der Waals surface area contributed by atoms with E-state index in [1.54, 1.807) is 0 Å². The summed E-state index contributed by atoms with van der Waals surface area (Å²) in [5, 5.41) is 11.9. The van der Waals surface area contributed by atoms with Crippen LogP contribution in [0.4, 0.5) is 0 Å². The van der Waals surface area contributed by atoms with Crippen LogP contribution in [0.25, 0.3) is 0 Å². The first-order valence-electron chi connectivity index (χ1n) is 4.37. The molecule has 0 aromatic heterocycles. The highest BCUT2D eigenvalue weighted by atomic mass is 16.6. The SMILES string of the molecule is COc1cc(OC)c(C(=O)O)c(ON=C=O)c1. The minimum Gasteiger partial charge on any atom is -0.496 e. The molecule has 0 saturated heterocycles. The Morgan fingerprint density at radius 2 is 1.94 bits per heavy atom. The Kier molecular flexibility index (Phi) is 4.08. The smallest absolute Gasteiger partial charge is 0.343 e. The molecule has 0 aliphatic rings. The predicted molar refractivity (Wildman–Crippen MR) is 55.3 cm³/mol. The summed E-state index contributed by atoms with van der Waals surface area (Å²) in [6, 6.07) is 2.65. The monoisotopic (exact) mass is 239 g/mol. The van der Waals surface area contributed by atoms with Gasteiger partial charge in [0, 0.05) is 17.3 Å². The summed E-state index contributed by atoms with van der Waals surface area (Å²) in [6.45, 7) is 0. The van der Waals surface area contributed by atoms with Gasteiger partial charge in [0.05, 0.1) is 14.2 Å². The predicted octanol–water partition coefficient (Wildman–Crippen LogP) is 1.03. The average Bonchev–Trinajstić information content (AvgIpc) is 2.34. The van der Waals surface area contributed by atoms with Gasteiger partial charge >= 0.3 is 5.97 Å². The fourth-order valence-corrected chi connectivity index (χ4v) is 1.20. The quantitative estimate of drug-likeness (QED) is 0.468. The number of carboxylic acid groups (broad SMARTS) is 1. The van der Waals surface area contributed by atoms with Crippen LogP contribution in [-0.2, 0) is 4.79 Å².